The minimum atomic E-state index is 0.947. The molecule has 0 amide bonds. The lowest BCUT2D eigenvalue weighted by Crippen LogP contribution is -1.80. The van der Waals surface area contributed by atoms with Gasteiger partial charge in [-0.05, 0) is 58.7 Å². The molecular weight excluding hydrogens is 569 g/mol. The van der Waals surface area contributed by atoms with E-state index in [1.54, 1.807) is 11.3 Å². The third-order valence-electron chi connectivity index (χ3n) is 8.54. The molecule has 6 aromatic carbocycles. The molecule has 4 heteroatoms. The first kappa shape index (κ1) is 23.1. The van der Waals surface area contributed by atoms with Crippen LogP contribution < -0.4 is 0 Å². The van der Waals surface area contributed by atoms with Crippen LogP contribution in [0.4, 0.5) is 0 Å². The summed E-state index contributed by atoms with van der Waals surface area (Å²) in [5, 5.41) is 8.99. The number of rotatable bonds is 2. The van der Waals surface area contributed by atoms with Crippen LogP contribution in [0.1, 0.15) is 0 Å². The van der Waals surface area contributed by atoms with E-state index >= 15 is 0 Å². The zero-order chi connectivity index (χ0) is 27.4. The quantitative estimate of drug-likeness (QED) is 0.196. The van der Waals surface area contributed by atoms with E-state index in [0.29, 0.717) is 0 Å². The Labute approximate surface area is 252 Å². The first-order valence-electron chi connectivity index (χ1n) is 14.0. The van der Waals surface area contributed by atoms with Crippen molar-refractivity contribution in [3.05, 3.63) is 121 Å². The summed E-state index contributed by atoms with van der Waals surface area (Å²) in [6.45, 7) is 0. The molecule has 42 heavy (non-hydrogen) atoms. The van der Waals surface area contributed by atoms with E-state index in [4.69, 9.17) is 4.42 Å². The smallest absolute Gasteiger partial charge is 0.190 e. The summed E-state index contributed by atoms with van der Waals surface area (Å²) in [7, 11) is 0. The molecule has 1 nitrogen and oxygen atoms in total. The number of thiophene rings is 3. The van der Waals surface area contributed by atoms with Gasteiger partial charge in [0.2, 0.25) is 0 Å². The molecule has 0 aliphatic carbocycles. The maximum atomic E-state index is 6.44. The van der Waals surface area contributed by atoms with Crippen molar-refractivity contribution >= 4 is 106 Å². The predicted molar refractivity (Wildman–Crippen MR) is 186 cm³/mol. The van der Waals surface area contributed by atoms with Crippen LogP contribution in [0.15, 0.2) is 126 Å². The summed E-state index contributed by atoms with van der Waals surface area (Å²) in [6.07, 6.45) is 0. The van der Waals surface area contributed by atoms with Gasteiger partial charge < -0.3 is 4.42 Å². The van der Waals surface area contributed by atoms with Gasteiger partial charge in [0.25, 0.3) is 0 Å². The maximum Gasteiger partial charge on any atom is 0.190 e. The summed E-state index contributed by atoms with van der Waals surface area (Å²) < 4.78 is 13.1. The van der Waals surface area contributed by atoms with Crippen LogP contribution in [-0.2, 0) is 0 Å². The second-order valence-corrected chi connectivity index (χ2v) is 14.0. The summed E-state index contributed by atoms with van der Waals surface area (Å²) >= 11 is 5.51. The fourth-order valence-corrected chi connectivity index (χ4v) is 10.1. The molecule has 0 radical (unpaired) electrons. The first-order valence-corrected chi connectivity index (χ1v) is 16.5. The highest BCUT2D eigenvalue weighted by Gasteiger charge is 2.18. The summed E-state index contributed by atoms with van der Waals surface area (Å²) in [5.74, 6) is 0. The standard InChI is InChI=1S/C38H20OS3/c1-3-13-32-25(7-1)27-11-5-9-23(36(27)40-32)21-15-17-31-29(19-21)35-30-20-22(16-18-34(30)42-38(35)39-31)24-10-6-12-28-26-8-2-4-14-33(26)41-37(24)28/h1-20H. The van der Waals surface area contributed by atoms with Crippen molar-refractivity contribution in [2.45, 2.75) is 0 Å². The zero-order valence-electron chi connectivity index (χ0n) is 22.2. The van der Waals surface area contributed by atoms with Gasteiger partial charge in [-0.15, -0.1) is 22.7 Å². The number of furan rings is 1. The van der Waals surface area contributed by atoms with Crippen molar-refractivity contribution in [1.82, 2.24) is 0 Å². The van der Waals surface area contributed by atoms with Gasteiger partial charge in [0.1, 0.15) is 5.58 Å². The zero-order valence-corrected chi connectivity index (χ0v) is 24.6. The second kappa shape index (κ2) is 8.52. The molecular formula is C38H20OS3. The fraction of sp³-hybridized carbons (Fsp3) is 0. The monoisotopic (exact) mass is 588 g/mol. The van der Waals surface area contributed by atoms with Gasteiger partial charge in [0.15, 0.2) is 4.90 Å². The average molecular weight is 589 g/mol. The summed E-state index contributed by atoms with van der Waals surface area (Å²) in [6, 6.07) is 44.5. The van der Waals surface area contributed by atoms with Crippen molar-refractivity contribution in [1.29, 1.82) is 0 Å². The van der Waals surface area contributed by atoms with Crippen LogP contribution >= 0.6 is 34.0 Å². The van der Waals surface area contributed by atoms with Crippen molar-refractivity contribution < 1.29 is 4.42 Å². The van der Waals surface area contributed by atoms with Crippen molar-refractivity contribution in [2.24, 2.45) is 0 Å². The predicted octanol–water partition coefficient (Wildman–Crippen LogP) is 12.9. The van der Waals surface area contributed by atoms with Gasteiger partial charge in [-0.1, -0.05) is 96.3 Å². The Morgan fingerprint density at radius 2 is 0.952 bits per heavy atom. The molecule has 0 aliphatic heterocycles. The Bertz CT molecular complexity index is 2510. The van der Waals surface area contributed by atoms with Gasteiger partial charge in [-0.2, -0.15) is 0 Å². The van der Waals surface area contributed by atoms with Crippen LogP contribution in [0, 0.1) is 0 Å². The lowest BCUT2D eigenvalue weighted by Gasteiger charge is -2.05. The summed E-state index contributed by atoms with van der Waals surface area (Å²) in [5.41, 5.74) is 6.00. The molecule has 0 spiro atoms. The molecule has 0 aliphatic rings. The van der Waals surface area contributed by atoms with Gasteiger partial charge in [0, 0.05) is 61.2 Å². The molecule has 0 fully saturated rings. The van der Waals surface area contributed by atoms with E-state index in [1.807, 2.05) is 22.7 Å². The van der Waals surface area contributed by atoms with E-state index in [9.17, 15) is 0 Å². The Balaban J connectivity index is 1.20. The number of fused-ring (bicyclic) bond motifs is 11. The molecule has 4 aromatic heterocycles. The van der Waals surface area contributed by atoms with E-state index in [1.165, 1.54) is 83.5 Å². The van der Waals surface area contributed by atoms with Crippen molar-refractivity contribution in [3.63, 3.8) is 0 Å². The van der Waals surface area contributed by atoms with E-state index in [-0.39, 0.29) is 0 Å². The molecule has 0 N–H and O–H groups in total. The van der Waals surface area contributed by atoms with Crippen LogP contribution in [-0.4, -0.2) is 0 Å². The fourth-order valence-electron chi connectivity index (χ4n) is 6.60. The Morgan fingerprint density at radius 3 is 1.62 bits per heavy atom. The number of hydrogen-bond donors (Lipinski definition) is 0. The average Bonchev–Trinajstić information content (AvgIpc) is 3.78. The van der Waals surface area contributed by atoms with E-state index < -0.39 is 0 Å². The minimum absolute atomic E-state index is 0.947. The maximum absolute atomic E-state index is 6.44. The highest BCUT2D eigenvalue weighted by Crippen LogP contribution is 2.46. The molecule has 10 aromatic rings. The lowest BCUT2D eigenvalue weighted by atomic mass is 9.99. The topological polar surface area (TPSA) is 13.1 Å². The molecule has 0 atom stereocenters. The Hall–Kier alpha value is -4.48. The number of hydrogen-bond acceptors (Lipinski definition) is 4. The van der Waals surface area contributed by atoms with E-state index in [0.717, 1.165) is 10.5 Å². The second-order valence-electron chi connectivity index (χ2n) is 10.8. The molecule has 0 bridgehead atoms. The van der Waals surface area contributed by atoms with Gasteiger partial charge in [-0.3, -0.25) is 0 Å². The lowest BCUT2D eigenvalue weighted by molar-refractivity contribution is 0.678. The minimum Gasteiger partial charge on any atom is -0.445 e. The molecule has 4 heterocycles. The van der Waals surface area contributed by atoms with E-state index in [2.05, 4.69) is 121 Å². The van der Waals surface area contributed by atoms with Gasteiger partial charge in [-0.25, -0.2) is 0 Å². The van der Waals surface area contributed by atoms with Crippen molar-refractivity contribution in [3.8, 4) is 22.3 Å². The SMILES string of the molecule is c1ccc2c(c1)sc1c(-c3ccc4oc5sc6ccc(-c7cccc8c7sc7ccccc78)cc6c5c4c3)cccc12. The number of benzene rings is 6. The first-order chi connectivity index (χ1) is 20.8. The normalized spacial score (nSPS) is 12.3. The highest BCUT2D eigenvalue weighted by atomic mass is 32.1. The van der Waals surface area contributed by atoms with Crippen LogP contribution in [0.3, 0.4) is 0 Å². The highest BCUT2D eigenvalue weighted by molar-refractivity contribution is 7.27. The third kappa shape index (κ3) is 3.17. The Kier molecular flexibility index (Phi) is 4.69. The van der Waals surface area contributed by atoms with Crippen LogP contribution in [0.2, 0.25) is 0 Å². The summed E-state index contributed by atoms with van der Waals surface area (Å²) in [4.78, 5) is 0.995. The molecule has 0 saturated heterocycles. The third-order valence-corrected chi connectivity index (χ3v) is 12.0. The largest absolute Gasteiger partial charge is 0.445 e. The molecule has 0 saturated carbocycles. The molecule has 10 rings (SSSR count). The van der Waals surface area contributed by atoms with Gasteiger partial charge >= 0.3 is 0 Å². The van der Waals surface area contributed by atoms with Gasteiger partial charge in [0.05, 0.1) is 0 Å². The van der Waals surface area contributed by atoms with Crippen molar-refractivity contribution in [2.75, 3.05) is 0 Å². The molecule has 196 valence electrons. The molecule has 0 unspecified atom stereocenters. The van der Waals surface area contributed by atoms with Crippen LogP contribution in [0.25, 0.3) is 93.9 Å². The Morgan fingerprint density at radius 1 is 0.405 bits per heavy atom. The van der Waals surface area contributed by atoms with Crippen LogP contribution in [0.5, 0.6) is 0 Å².